The maximum atomic E-state index is 12.1. The van der Waals surface area contributed by atoms with Crippen molar-refractivity contribution >= 4 is 23.6 Å². The molecule has 132 valence electrons. The van der Waals surface area contributed by atoms with Crippen molar-refractivity contribution in [3.8, 4) is 0 Å². The maximum absolute atomic E-state index is 12.1. The number of carbonyl (C=O) groups excluding carboxylic acids is 2. The predicted molar refractivity (Wildman–Crippen MR) is 88.4 cm³/mol. The second-order valence-corrected chi connectivity index (χ2v) is 5.75. The largest absolute Gasteiger partial charge is 0.465 e. The third kappa shape index (κ3) is 5.88. The molecule has 5 N–H and O–H groups in total. The Bertz CT molecular complexity index is 586. The van der Waals surface area contributed by atoms with Crippen LogP contribution in [0, 0.1) is 5.92 Å². The van der Waals surface area contributed by atoms with E-state index in [4.69, 9.17) is 10.2 Å². The fourth-order valence-corrected chi connectivity index (χ4v) is 1.98. The maximum Gasteiger partial charge on any atom is 0.405 e. The minimum Gasteiger partial charge on any atom is -0.465 e. The molecule has 0 radical (unpaired) electrons. The van der Waals surface area contributed by atoms with Crippen LogP contribution in [0.5, 0.6) is 0 Å². The lowest BCUT2D eigenvalue weighted by atomic mass is 10.0. The van der Waals surface area contributed by atoms with Crippen molar-refractivity contribution in [2.45, 2.75) is 39.5 Å². The van der Waals surface area contributed by atoms with Gasteiger partial charge in [0.15, 0.2) is 0 Å². The number of hydrogen-bond donors (Lipinski definition) is 5. The van der Waals surface area contributed by atoms with Gasteiger partial charge in [0.2, 0.25) is 11.8 Å². The van der Waals surface area contributed by atoms with E-state index in [0.717, 1.165) is 0 Å². The molecule has 0 unspecified atom stereocenters. The zero-order valence-electron chi connectivity index (χ0n) is 13.9. The third-order valence-corrected chi connectivity index (χ3v) is 3.38. The van der Waals surface area contributed by atoms with Gasteiger partial charge in [-0.15, -0.1) is 0 Å². The summed E-state index contributed by atoms with van der Waals surface area (Å²) in [5.41, 5.74) is 1.25. The Kier molecular flexibility index (Phi) is 7.19. The summed E-state index contributed by atoms with van der Waals surface area (Å²) < 4.78 is 0. The number of rotatable bonds is 7. The van der Waals surface area contributed by atoms with Crippen LogP contribution in [0.1, 0.15) is 26.3 Å². The topological polar surface area (TPSA) is 128 Å². The number of aliphatic hydroxyl groups is 1. The number of carboxylic acid groups (broad SMARTS) is 1. The summed E-state index contributed by atoms with van der Waals surface area (Å²) >= 11 is 0. The first kappa shape index (κ1) is 19.4. The predicted octanol–water partition coefficient (Wildman–Crippen LogP) is 0.914. The Balaban J connectivity index is 2.64. The normalized spacial score (nSPS) is 13.0. The van der Waals surface area contributed by atoms with Crippen LogP contribution in [0.25, 0.3) is 0 Å². The van der Waals surface area contributed by atoms with Gasteiger partial charge in [-0.25, -0.2) is 4.79 Å². The van der Waals surface area contributed by atoms with Crippen molar-refractivity contribution in [1.29, 1.82) is 0 Å². The summed E-state index contributed by atoms with van der Waals surface area (Å²) in [5, 5.41) is 25.0. The highest BCUT2D eigenvalue weighted by Crippen LogP contribution is 2.10. The smallest absolute Gasteiger partial charge is 0.405 e. The van der Waals surface area contributed by atoms with Crippen molar-refractivity contribution in [3.63, 3.8) is 0 Å². The van der Waals surface area contributed by atoms with Gasteiger partial charge in [0.05, 0.1) is 6.61 Å². The highest BCUT2D eigenvalue weighted by atomic mass is 16.4. The van der Waals surface area contributed by atoms with Crippen LogP contribution >= 0.6 is 0 Å². The summed E-state index contributed by atoms with van der Waals surface area (Å²) in [5.74, 6) is -1.26. The second kappa shape index (κ2) is 8.88. The van der Waals surface area contributed by atoms with Gasteiger partial charge in [-0.2, -0.15) is 0 Å². The van der Waals surface area contributed by atoms with Crippen LogP contribution in [0.4, 0.5) is 10.5 Å². The lowest BCUT2D eigenvalue weighted by Gasteiger charge is -2.22. The number of aliphatic hydroxyl groups excluding tert-OH is 1. The van der Waals surface area contributed by atoms with E-state index in [1.807, 2.05) is 0 Å². The summed E-state index contributed by atoms with van der Waals surface area (Å²) in [6.07, 6.45) is -1.30. The zero-order valence-corrected chi connectivity index (χ0v) is 13.9. The SMILES string of the molecule is CC(C)[C@H](NC(=O)O)C(=O)N[C@@H](C)C(=O)Nc1ccc(CO)cc1. The van der Waals surface area contributed by atoms with Crippen LogP contribution in [-0.2, 0) is 16.2 Å². The molecule has 0 fully saturated rings. The quantitative estimate of drug-likeness (QED) is 0.505. The molecular weight excluding hydrogens is 314 g/mol. The van der Waals surface area contributed by atoms with Gasteiger partial charge in [0.25, 0.3) is 0 Å². The van der Waals surface area contributed by atoms with Gasteiger partial charge in [-0.05, 0) is 30.5 Å². The van der Waals surface area contributed by atoms with E-state index in [2.05, 4.69) is 16.0 Å². The molecule has 1 aromatic rings. The van der Waals surface area contributed by atoms with Crippen molar-refractivity contribution < 1.29 is 24.6 Å². The Hall–Kier alpha value is -2.61. The average molecular weight is 337 g/mol. The molecule has 0 aliphatic carbocycles. The molecule has 8 nitrogen and oxygen atoms in total. The Morgan fingerprint density at radius 2 is 1.58 bits per heavy atom. The molecule has 1 rings (SSSR count). The summed E-state index contributed by atoms with van der Waals surface area (Å²) in [7, 11) is 0. The van der Waals surface area contributed by atoms with Crippen molar-refractivity contribution in [2.75, 3.05) is 5.32 Å². The number of anilines is 1. The van der Waals surface area contributed by atoms with E-state index in [1.165, 1.54) is 6.92 Å². The fraction of sp³-hybridized carbons (Fsp3) is 0.438. The third-order valence-electron chi connectivity index (χ3n) is 3.38. The van der Waals surface area contributed by atoms with E-state index >= 15 is 0 Å². The van der Waals surface area contributed by atoms with Gasteiger partial charge in [-0.1, -0.05) is 26.0 Å². The van der Waals surface area contributed by atoms with Crippen molar-refractivity contribution in [2.24, 2.45) is 5.92 Å². The lowest BCUT2D eigenvalue weighted by Crippen LogP contribution is -2.53. The monoisotopic (exact) mass is 337 g/mol. The second-order valence-electron chi connectivity index (χ2n) is 5.75. The van der Waals surface area contributed by atoms with E-state index in [0.29, 0.717) is 11.3 Å². The van der Waals surface area contributed by atoms with Crippen LogP contribution in [0.3, 0.4) is 0 Å². The molecule has 0 saturated carbocycles. The number of benzene rings is 1. The average Bonchev–Trinajstić information content (AvgIpc) is 2.52. The summed E-state index contributed by atoms with van der Waals surface area (Å²) in [6.45, 7) is 4.82. The minimum absolute atomic E-state index is 0.0894. The van der Waals surface area contributed by atoms with Crippen LogP contribution in [0.2, 0.25) is 0 Å². The Morgan fingerprint density at radius 1 is 1.00 bits per heavy atom. The van der Waals surface area contributed by atoms with Gasteiger partial charge in [0.1, 0.15) is 12.1 Å². The first-order valence-electron chi connectivity index (χ1n) is 7.55. The van der Waals surface area contributed by atoms with E-state index in [9.17, 15) is 14.4 Å². The number of hydrogen-bond acceptors (Lipinski definition) is 4. The highest BCUT2D eigenvalue weighted by molar-refractivity contribution is 5.98. The molecule has 0 saturated heterocycles. The van der Waals surface area contributed by atoms with E-state index in [1.54, 1.807) is 38.1 Å². The molecule has 8 heteroatoms. The molecular formula is C16H23N3O5. The van der Waals surface area contributed by atoms with Crippen LogP contribution < -0.4 is 16.0 Å². The molecule has 0 aliphatic rings. The summed E-state index contributed by atoms with van der Waals surface area (Å²) in [4.78, 5) is 35.0. The first-order chi connectivity index (χ1) is 11.2. The molecule has 0 spiro atoms. The molecule has 1 aromatic carbocycles. The summed E-state index contributed by atoms with van der Waals surface area (Å²) in [6, 6.07) is 4.84. The van der Waals surface area contributed by atoms with Crippen molar-refractivity contribution in [1.82, 2.24) is 10.6 Å². The van der Waals surface area contributed by atoms with Gasteiger partial charge >= 0.3 is 6.09 Å². The standard InChI is InChI=1S/C16H23N3O5/c1-9(2)13(19-16(23)24)15(22)17-10(3)14(21)18-12-6-4-11(8-20)5-7-12/h4-7,9-10,13,19-20H,8H2,1-3H3,(H,17,22)(H,18,21)(H,23,24)/t10-,13-/m0/s1. The van der Waals surface area contributed by atoms with E-state index < -0.39 is 30.0 Å². The fourth-order valence-electron chi connectivity index (χ4n) is 1.98. The van der Waals surface area contributed by atoms with E-state index in [-0.39, 0.29) is 12.5 Å². The number of amides is 3. The van der Waals surface area contributed by atoms with Crippen LogP contribution in [-0.4, -0.2) is 40.2 Å². The number of carbonyl (C=O) groups is 3. The van der Waals surface area contributed by atoms with Gasteiger partial charge in [-0.3, -0.25) is 9.59 Å². The molecule has 3 amide bonds. The molecule has 24 heavy (non-hydrogen) atoms. The first-order valence-corrected chi connectivity index (χ1v) is 7.55. The van der Waals surface area contributed by atoms with Gasteiger partial charge < -0.3 is 26.2 Å². The van der Waals surface area contributed by atoms with Gasteiger partial charge in [0, 0.05) is 5.69 Å². The zero-order chi connectivity index (χ0) is 18.3. The molecule has 0 aliphatic heterocycles. The molecule has 0 heterocycles. The highest BCUT2D eigenvalue weighted by Gasteiger charge is 2.26. The Labute approximate surface area is 140 Å². The van der Waals surface area contributed by atoms with Crippen molar-refractivity contribution in [3.05, 3.63) is 29.8 Å². The Morgan fingerprint density at radius 3 is 2.04 bits per heavy atom. The molecule has 0 aromatic heterocycles. The van der Waals surface area contributed by atoms with Crippen LogP contribution in [0.15, 0.2) is 24.3 Å². The lowest BCUT2D eigenvalue weighted by molar-refractivity contribution is -0.128. The number of nitrogens with one attached hydrogen (secondary N) is 3. The minimum atomic E-state index is -1.30. The molecule has 0 bridgehead atoms. The molecule has 2 atom stereocenters.